The van der Waals surface area contributed by atoms with Gasteiger partial charge in [-0.1, -0.05) is 0 Å². The van der Waals surface area contributed by atoms with Crippen molar-refractivity contribution in [1.82, 2.24) is 24.5 Å². The molecular formula is C60H130N5NbO25. The Morgan fingerprint density at radius 2 is 0.231 bits per heavy atom. The molecule has 5 atom stereocenters. The summed E-state index contributed by atoms with van der Waals surface area (Å²) >= 11 is 0. The number of rotatable bonds is 50. The topological polar surface area (TPSA) is 316 Å². The predicted octanol–water partition coefficient (Wildman–Crippen LogP) is 1.81. The van der Waals surface area contributed by atoms with Crippen LogP contribution in [0.1, 0.15) is 138 Å². The van der Waals surface area contributed by atoms with Crippen molar-refractivity contribution in [2.45, 2.75) is 198 Å². The van der Waals surface area contributed by atoms with E-state index < -0.39 is 59.4 Å². The van der Waals surface area contributed by atoms with Crippen molar-refractivity contribution in [1.29, 1.82) is 0 Å². The van der Waals surface area contributed by atoms with Gasteiger partial charge in [0, 0.05) is 132 Å². The van der Waals surface area contributed by atoms with E-state index in [1.165, 1.54) is 24.5 Å². The normalized spacial score (nSPS) is 15.8. The van der Waals surface area contributed by atoms with E-state index in [0.717, 1.165) is 0 Å². The quantitative estimate of drug-likeness (QED) is 0.0619. The van der Waals surface area contributed by atoms with Gasteiger partial charge in [0.15, 0.2) is 0 Å². The molecule has 0 saturated carbocycles. The van der Waals surface area contributed by atoms with E-state index in [0.29, 0.717) is 0 Å². The number of nitrogens with zero attached hydrogens (tertiary/aromatic N) is 5. The van der Waals surface area contributed by atoms with Crippen molar-refractivity contribution in [3.8, 4) is 0 Å². The van der Waals surface area contributed by atoms with Gasteiger partial charge >= 0.3 is 52.2 Å². The second-order valence-corrected chi connectivity index (χ2v) is 18.8. The van der Waals surface area contributed by atoms with Crippen molar-refractivity contribution < 1.29 is 143 Å². The zero-order chi connectivity index (χ0) is 71.2. The Bertz CT molecular complexity index is 1310. The van der Waals surface area contributed by atoms with Crippen LogP contribution in [0, 0.1) is 0 Å². The number of hydrogen-bond donors (Lipinski definition) is 0. The Labute approximate surface area is 565 Å². The Kier molecular flexibility index (Phi) is 59.7. The summed E-state index contributed by atoms with van der Waals surface area (Å²) in [4.78, 5) is 6.79. The monoisotopic (exact) mass is 1410 g/mol. The molecule has 31 heteroatoms. The van der Waals surface area contributed by atoms with Crippen molar-refractivity contribution in [3.63, 3.8) is 0 Å². The fraction of sp³-hybridized carbons (Fsp3) is 1.00. The van der Waals surface area contributed by atoms with Crippen LogP contribution >= 0.6 is 0 Å². The molecule has 0 fully saturated rings. The Morgan fingerprint density at radius 1 is 0.165 bits per heavy atom. The summed E-state index contributed by atoms with van der Waals surface area (Å²) in [7, 11) is 16.1. The minimum Gasteiger partial charge on any atom is -0.810 e. The SMILES string of the molecule is CCOC(OCC)(OCC)C([O-])(OCC)N(C)C.CCOC(OCC)(OCC)C([O-])(OCC)N(C)C.CCOC(OCC)(OCC)C([O-])(OCC)N(C)C.CCOC(OCC)(OCC)C([O-])(OCC)N(C)C.CCOC(OCC)(OCC)C([O-])(OCC)N(C)C.[Nb+5]. The first kappa shape index (κ1) is 102. The summed E-state index contributed by atoms with van der Waals surface area (Å²) in [5.74, 6) is -19.2. The standard InChI is InChI=1S/5C12H26NO5.Nb/c5*1-7-15-11(14,13(5)6)12(16-8-2,17-9-3)18-10-4;/h5*7-10H2,1-6H3;/q5*-1;+5. The van der Waals surface area contributed by atoms with Crippen LogP contribution in [0.25, 0.3) is 0 Å². The third-order valence-electron chi connectivity index (χ3n) is 11.6. The zero-order valence-electron chi connectivity index (χ0n) is 62.0. The van der Waals surface area contributed by atoms with Crippen LogP contribution in [-0.4, -0.2) is 287 Å². The average molecular weight is 1410 g/mol. The van der Waals surface area contributed by atoms with Gasteiger partial charge in [-0.15, -0.1) is 0 Å². The van der Waals surface area contributed by atoms with Crippen molar-refractivity contribution in [2.75, 3.05) is 203 Å². The molecule has 0 radical (unpaired) electrons. The van der Waals surface area contributed by atoms with Crippen molar-refractivity contribution >= 4 is 0 Å². The predicted molar refractivity (Wildman–Crippen MR) is 328 cm³/mol. The van der Waals surface area contributed by atoms with Crippen LogP contribution in [0.15, 0.2) is 0 Å². The first-order chi connectivity index (χ1) is 42.2. The van der Waals surface area contributed by atoms with E-state index in [1.54, 1.807) is 209 Å². The Hall–Kier alpha value is -0.460. The molecule has 5 unspecified atom stereocenters. The molecule has 0 aliphatic carbocycles. The largest absolute Gasteiger partial charge is 5.00 e. The third kappa shape index (κ3) is 28.7. The summed E-state index contributed by atoms with van der Waals surface area (Å²) in [6.45, 7) is 40.7. The molecule has 0 bridgehead atoms. The van der Waals surface area contributed by atoms with E-state index in [-0.39, 0.29) is 155 Å². The summed E-state index contributed by atoms with van der Waals surface area (Å²) in [5, 5.41) is 64.6. The molecule has 550 valence electrons. The average Bonchev–Trinajstić information content (AvgIpc) is 0.975. The maximum absolute atomic E-state index is 12.9. The smallest absolute Gasteiger partial charge is 0.810 e. The van der Waals surface area contributed by atoms with E-state index in [2.05, 4.69) is 0 Å². The minimum absolute atomic E-state index is 0. The molecule has 0 spiro atoms. The third-order valence-corrected chi connectivity index (χ3v) is 11.6. The molecule has 0 aromatic rings. The van der Waals surface area contributed by atoms with Crippen LogP contribution in [0.4, 0.5) is 0 Å². The summed E-state index contributed by atoms with van der Waals surface area (Å²) in [6.07, 6.45) is 0. The van der Waals surface area contributed by atoms with Gasteiger partial charge in [-0.3, -0.25) is 24.5 Å². The molecular weight excluding hydrogens is 1280 g/mol. The minimum atomic E-state index is -2.07. The molecule has 0 aromatic carbocycles. The number of likely N-dealkylation sites (N-methyl/N-ethyl adjacent to an activating group) is 5. The number of hydrogen-bond acceptors (Lipinski definition) is 30. The molecule has 30 nitrogen and oxygen atoms in total. The Balaban J connectivity index is -0.000000247. The van der Waals surface area contributed by atoms with Crippen LogP contribution in [0.2, 0.25) is 0 Å². The molecule has 91 heavy (non-hydrogen) atoms. The zero-order valence-corrected chi connectivity index (χ0v) is 64.2. The van der Waals surface area contributed by atoms with E-state index >= 15 is 0 Å². The molecule has 0 N–H and O–H groups in total. The van der Waals surface area contributed by atoms with E-state index in [1.807, 2.05) is 0 Å². The molecule has 0 amide bonds. The second-order valence-electron chi connectivity index (χ2n) is 18.8. The van der Waals surface area contributed by atoms with Crippen LogP contribution < -0.4 is 25.5 Å². The van der Waals surface area contributed by atoms with Crippen molar-refractivity contribution in [2.24, 2.45) is 0 Å². The maximum Gasteiger partial charge on any atom is 5.00 e. The molecule has 0 heterocycles. The molecule has 0 rings (SSSR count). The summed E-state index contributed by atoms with van der Waals surface area (Å²) in [6, 6.07) is 0. The van der Waals surface area contributed by atoms with Gasteiger partial charge in [-0.25, -0.2) is 0 Å². The van der Waals surface area contributed by atoms with E-state index in [4.69, 9.17) is 94.7 Å². The summed E-state index contributed by atoms with van der Waals surface area (Å²) in [5.41, 5.74) is 0. The second kappa shape index (κ2) is 53.5. The fourth-order valence-electron chi connectivity index (χ4n) is 8.28. The van der Waals surface area contributed by atoms with Gasteiger partial charge < -0.3 is 120 Å². The first-order valence-corrected chi connectivity index (χ1v) is 31.9. The van der Waals surface area contributed by atoms with Gasteiger partial charge in [-0.2, -0.15) is 0 Å². The molecule has 0 saturated heterocycles. The Morgan fingerprint density at radius 3 is 0.275 bits per heavy atom. The number of ether oxygens (including phenoxy) is 20. The van der Waals surface area contributed by atoms with Gasteiger partial charge in [0.1, 0.15) is 29.6 Å². The van der Waals surface area contributed by atoms with Crippen LogP contribution in [0.3, 0.4) is 0 Å². The van der Waals surface area contributed by atoms with Gasteiger partial charge in [-0.05, 0) is 209 Å². The summed E-state index contributed by atoms with van der Waals surface area (Å²) < 4.78 is 109. The fourth-order valence-corrected chi connectivity index (χ4v) is 8.28. The van der Waals surface area contributed by atoms with Gasteiger partial charge in [0.05, 0.1) is 0 Å². The molecule has 0 aromatic heterocycles. The first-order valence-electron chi connectivity index (χ1n) is 31.9. The molecule has 0 aliphatic heterocycles. The van der Waals surface area contributed by atoms with E-state index in [9.17, 15) is 25.5 Å². The van der Waals surface area contributed by atoms with Gasteiger partial charge in [0.25, 0.3) is 0 Å². The molecule has 0 aliphatic rings. The van der Waals surface area contributed by atoms with Crippen LogP contribution in [0.5, 0.6) is 0 Å². The van der Waals surface area contributed by atoms with Crippen LogP contribution in [-0.2, 0) is 117 Å². The van der Waals surface area contributed by atoms with Crippen molar-refractivity contribution in [3.05, 3.63) is 0 Å². The maximum atomic E-state index is 12.9. The van der Waals surface area contributed by atoms with Gasteiger partial charge in [0.2, 0.25) is 0 Å².